The van der Waals surface area contributed by atoms with Crippen LogP contribution >= 0.6 is 0 Å². The lowest BCUT2D eigenvalue weighted by atomic mass is 10.1. The van der Waals surface area contributed by atoms with Gasteiger partial charge in [-0.1, -0.05) is 0 Å². The Kier molecular flexibility index (Phi) is 7.02. The van der Waals surface area contributed by atoms with Crippen molar-refractivity contribution in [2.75, 3.05) is 37.5 Å². The Balaban J connectivity index is 1.47. The third-order valence-corrected chi connectivity index (χ3v) is 6.82. The fourth-order valence-corrected chi connectivity index (χ4v) is 4.64. The SMILES string of the molecule is COc1cc(C(=O)Nc2ccc(NS(=O)(=O)c3ccc4c(c3)OCCCO4)cc2)cc(OC)c1C. The summed E-state index contributed by atoms with van der Waals surface area (Å²) in [6.45, 7) is 2.82. The van der Waals surface area contributed by atoms with Crippen LogP contribution in [-0.2, 0) is 10.0 Å². The van der Waals surface area contributed by atoms with E-state index in [9.17, 15) is 13.2 Å². The summed E-state index contributed by atoms with van der Waals surface area (Å²) in [5, 5.41) is 2.78. The van der Waals surface area contributed by atoms with Crippen LogP contribution in [0.5, 0.6) is 23.0 Å². The van der Waals surface area contributed by atoms with Crippen LogP contribution in [-0.4, -0.2) is 41.8 Å². The number of carbonyl (C=O) groups excluding carboxylic acids is 1. The van der Waals surface area contributed by atoms with E-state index in [0.717, 1.165) is 12.0 Å². The van der Waals surface area contributed by atoms with Crippen LogP contribution in [0.1, 0.15) is 22.3 Å². The minimum atomic E-state index is -3.86. The summed E-state index contributed by atoms with van der Waals surface area (Å²) < 4.78 is 50.1. The molecule has 0 aliphatic carbocycles. The predicted octanol–water partition coefficient (Wildman–Crippen LogP) is 4.23. The minimum absolute atomic E-state index is 0.0568. The molecular weight excluding hydrogens is 472 g/mol. The average Bonchev–Trinajstić information content (AvgIpc) is 3.10. The van der Waals surface area contributed by atoms with Crippen molar-refractivity contribution in [1.29, 1.82) is 0 Å². The lowest BCUT2D eigenvalue weighted by Crippen LogP contribution is -2.14. The van der Waals surface area contributed by atoms with Gasteiger partial charge >= 0.3 is 0 Å². The van der Waals surface area contributed by atoms with E-state index >= 15 is 0 Å². The normalized spacial score (nSPS) is 12.9. The number of fused-ring (bicyclic) bond motifs is 1. The zero-order valence-electron chi connectivity index (χ0n) is 19.6. The minimum Gasteiger partial charge on any atom is -0.496 e. The van der Waals surface area contributed by atoms with Crippen molar-refractivity contribution >= 4 is 27.3 Å². The van der Waals surface area contributed by atoms with Crippen molar-refractivity contribution in [2.45, 2.75) is 18.2 Å². The molecule has 0 fully saturated rings. The smallest absolute Gasteiger partial charge is 0.262 e. The second kappa shape index (κ2) is 10.1. The number of nitrogens with one attached hydrogen (secondary N) is 2. The second-order valence-corrected chi connectivity index (χ2v) is 9.48. The van der Waals surface area contributed by atoms with E-state index in [1.54, 1.807) is 42.5 Å². The molecule has 0 saturated heterocycles. The highest BCUT2D eigenvalue weighted by atomic mass is 32.2. The first-order chi connectivity index (χ1) is 16.8. The molecule has 4 rings (SSSR count). The summed E-state index contributed by atoms with van der Waals surface area (Å²) in [6, 6.07) is 14.1. The number of hydrogen-bond donors (Lipinski definition) is 2. The molecule has 2 N–H and O–H groups in total. The predicted molar refractivity (Wildman–Crippen MR) is 132 cm³/mol. The molecule has 35 heavy (non-hydrogen) atoms. The first kappa shape index (κ1) is 24.2. The number of carbonyl (C=O) groups is 1. The maximum absolute atomic E-state index is 12.9. The van der Waals surface area contributed by atoms with E-state index in [4.69, 9.17) is 18.9 Å². The zero-order chi connectivity index (χ0) is 25.0. The molecular formula is C25H26N2O7S. The molecule has 0 spiro atoms. The van der Waals surface area contributed by atoms with E-state index in [1.807, 2.05) is 6.92 Å². The first-order valence-corrected chi connectivity index (χ1v) is 12.4. The summed E-state index contributed by atoms with van der Waals surface area (Å²) in [5.41, 5.74) is 1.99. The van der Waals surface area contributed by atoms with Gasteiger partial charge in [0.15, 0.2) is 11.5 Å². The largest absolute Gasteiger partial charge is 0.496 e. The van der Waals surface area contributed by atoms with Gasteiger partial charge < -0.3 is 24.3 Å². The highest BCUT2D eigenvalue weighted by Gasteiger charge is 2.19. The van der Waals surface area contributed by atoms with Crippen molar-refractivity contribution in [3.8, 4) is 23.0 Å². The number of methoxy groups -OCH3 is 2. The van der Waals surface area contributed by atoms with Crippen molar-refractivity contribution < 1.29 is 32.2 Å². The molecule has 10 heteroatoms. The van der Waals surface area contributed by atoms with Gasteiger partial charge in [-0.3, -0.25) is 9.52 Å². The van der Waals surface area contributed by atoms with Crippen LogP contribution < -0.4 is 29.0 Å². The molecule has 3 aromatic rings. The van der Waals surface area contributed by atoms with Gasteiger partial charge in [0.25, 0.3) is 15.9 Å². The Hall–Kier alpha value is -3.92. The molecule has 0 radical (unpaired) electrons. The number of ether oxygens (including phenoxy) is 4. The molecule has 0 aromatic heterocycles. The number of benzene rings is 3. The van der Waals surface area contributed by atoms with Gasteiger partial charge in [-0.15, -0.1) is 0 Å². The maximum atomic E-state index is 12.9. The Morgan fingerprint density at radius 1 is 0.857 bits per heavy atom. The lowest BCUT2D eigenvalue weighted by Gasteiger charge is -2.13. The summed E-state index contributed by atoms with van der Waals surface area (Å²) >= 11 is 0. The van der Waals surface area contributed by atoms with E-state index in [2.05, 4.69) is 10.0 Å². The Labute approximate surface area is 204 Å². The standard InChI is InChI=1S/C25H26N2O7S/c1-16-22(31-2)13-17(14-23(16)32-3)25(28)26-18-5-7-19(8-6-18)27-35(29,30)20-9-10-21-24(15-20)34-12-4-11-33-21/h5-10,13-15,27H,4,11-12H2,1-3H3,(H,26,28). The van der Waals surface area contributed by atoms with Crippen LogP contribution in [0.15, 0.2) is 59.5 Å². The first-order valence-electron chi connectivity index (χ1n) is 10.9. The van der Waals surface area contributed by atoms with E-state index in [-0.39, 0.29) is 10.8 Å². The summed E-state index contributed by atoms with van der Waals surface area (Å²) in [5.74, 6) is 1.63. The summed E-state index contributed by atoms with van der Waals surface area (Å²) in [4.78, 5) is 12.8. The lowest BCUT2D eigenvalue weighted by molar-refractivity contribution is 0.102. The second-order valence-electron chi connectivity index (χ2n) is 7.80. The molecule has 1 aliphatic rings. The molecule has 1 amide bonds. The molecule has 184 valence electrons. The average molecular weight is 499 g/mol. The quantitative estimate of drug-likeness (QED) is 0.501. The Bertz CT molecular complexity index is 1310. The molecule has 1 heterocycles. The summed E-state index contributed by atoms with van der Waals surface area (Å²) in [7, 11) is -0.811. The van der Waals surface area contributed by atoms with Gasteiger partial charge in [0.05, 0.1) is 32.3 Å². The zero-order valence-corrected chi connectivity index (χ0v) is 20.4. The fraction of sp³-hybridized carbons (Fsp3) is 0.240. The summed E-state index contributed by atoms with van der Waals surface area (Å²) in [6.07, 6.45) is 0.725. The highest BCUT2D eigenvalue weighted by molar-refractivity contribution is 7.92. The topological polar surface area (TPSA) is 112 Å². The van der Waals surface area contributed by atoms with Crippen molar-refractivity contribution in [3.63, 3.8) is 0 Å². The number of rotatable bonds is 7. The molecule has 0 bridgehead atoms. The number of amides is 1. The molecule has 0 atom stereocenters. The van der Waals surface area contributed by atoms with Crippen LogP contribution in [0.2, 0.25) is 0 Å². The van der Waals surface area contributed by atoms with E-state index in [1.165, 1.54) is 26.4 Å². The van der Waals surface area contributed by atoms with Crippen molar-refractivity contribution in [2.24, 2.45) is 0 Å². The van der Waals surface area contributed by atoms with Gasteiger partial charge in [0, 0.05) is 35.0 Å². The fourth-order valence-electron chi connectivity index (χ4n) is 3.57. The molecule has 3 aromatic carbocycles. The maximum Gasteiger partial charge on any atom is 0.262 e. The van der Waals surface area contributed by atoms with Gasteiger partial charge in [0.2, 0.25) is 0 Å². The van der Waals surface area contributed by atoms with Gasteiger partial charge in [-0.25, -0.2) is 8.42 Å². The van der Waals surface area contributed by atoms with Gasteiger partial charge in [0.1, 0.15) is 11.5 Å². The van der Waals surface area contributed by atoms with E-state index in [0.29, 0.717) is 53.2 Å². The Morgan fingerprint density at radius 2 is 1.46 bits per heavy atom. The molecule has 1 aliphatic heterocycles. The third-order valence-electron chi connectivity index (χ3n) is 5.44. The number of hydrogen-bond acceptors (Lipinski definition) is 7. The molecule has 0 saturated carbocycles. The Morgan fingerprint density at radius 3 is 2.09 bits per heavy atom. The van der Waals surface area contributed by atoms with Crippen LogP contribution in [0.4, 0.5) is 11.4 Å². The number of sulfonamides is 1. The van der Waals surface area contributed by atoms with Crippen LogP contribution in [0.3, 0.4) is 0 Å². The van der Waals surface area contributed by atoms with E-state index < -0.39 is 10.0 Å². The number of anilines is 2. The van der Waals surface area contributed by atoms with Crippen molar-refractivity contribution in [3.05, 3.63) is 65.7 Å². The van der Waals surface area contributed by atoms with Gasteiger partial charge in [-0.05, 0) is 55.5 Å². The van der Waals surface area contributed by atoms with Gasteiger partial charge in [-0.2, -0.15) is 0 Å². The molecule has 0 unspecified atom stereocenters. The third kappa shape index (κ3) is 5.43. The monoisotopic (exact) mass is 498 g/mol. The van der Waals surface area contributed by atoms with Crippen molar-refractivity contribution in [1.82, 2.24) is 0 Å². The van der Waals surface area contributed by atoms with Crippen LogP contribution in [0, 0.1) is 6.92 Å². The van der Waals surface area contributed by atoms with Crippen LogP contribution in [0.25, 0.3) is 0 Å². The highest BCUT2D eigenvalue weighted by Crippen LogP contribution is 2.33. The molecule has 9 nitrogen and oxygen atoms in total.